The second-order valence-corrected chi connectivity index (χ2v) is 9.66. The summed E-state index contributed by atoms with van der Waals surface area (Å²) < 4.78 is 43.2. The normalized spacial score (nSPS) is 16.4. The van der Waals surface area contributed by atoms with Crippen LogP contribution in [0.2, 0.25) is 0 Å². The zero-order valence-corrected chi connectivity index (χ0v) is 18.2. The van der Waals surface area contributed by atoms with Gasteiger partial charge in [-0.25, -0.2) is 17.8 Å². The van der Waals surface area contributed by atoms with E-state index in [-0.39, 0.29) is 4.90 Å². The molecule has 0 spiro atoms. The molecule has 30 heavy (non-hydrogen) atoms. The Morgan fingerprint density at radius 2 is 1.90 bits per heavy atom. The Kier molecular flexibility index (Phi) is 5.90. The van der Waals surface area contributed by atoms with E-state index >= 15 is 0 Å². The zero-order chi connectivity index (χ0) is 21.3. The van der Waals surface area contributed by atoms with Crippen LogP contribution < -0.4 is 0 Å². The number of benzene rings is 1. The van der Waals surface area contributed by atoms with Gasteiger partial charge in [-0.3, -0.25) is 0 Å². The Morgan fingerprint density at radius 3 is 2.60 bits per heavy atom. The Bertz CT molecular complexity index is 1150. The topological polar surface area (TPSA) is 58.4 Å². The van der Waals surface area contributed by atoms with E-state index in [4.69, 9.17) is 0 Å². The van der Waals surface area contributed by atoms with Crippen molar-refractivity contribution in [1.82, 2.24) is 18.8 Å². The third-order valence-electron chi connectivity index (χ3n) is 5.87. The molecule has 3 aromatic rings. The molecular formula is C22H27FN4O2S. The van der Waals surface area contributed by atoms with Gasteiger partial charge in [-0.2, -0.15) is 4.31 Å². The van der Waals surface area contributed by atoms with Gasteiger partial charge in [0.25, 0.3) is 0 Å². The Morgan fingerprint density at radius 1 is 1.13 bits per heavy atom. The Labute approximate surface area is 177 Å². The quantitative estimate of drug-likeness (QED) is 0.603. The number of sulfonamides is 1. The number of hydrogen-bond acceptors (Lipinski definition) is 4. The number of rotatable bonds is 6. The molecule has 0 radical (unpaired) electrons. The minimum absolute atomic E-state index is 0.0268. The first kappa shape index (κ1) is 21.0. The summed E-state index contributed by atoms with van der Waals surface area (Å²) >= 11 is 0. The predicted molar refractivity (Wildman–Crippen MR) is 115 cm³/mol. The molecule has 1 fully saturated rings. The molecule has 1 aromatic carbocycles. The predicted octanol–water partition coefficient (Wildman–Crippen LogP) is 3.05. The highest BCUT2D eigenvalue weighted by atomic mass is 32.2. The van der Waals surface area contributed by atoms with Gasteiger partial charge in [0.05, 0.1) is 4.90 Å². The lowest BCUT2D eigenvalue weighted by molar-refractivity contribution is 0.190. The van der Waals surface area contributed by atoms with E-state index in [0.717, 1.165) is 31.2 Å². The first-order valence-corrected chi connectivity index (χ1v) is 11.8. The maximum absolute atomic E-state index is 13.8. The summed E-state index contributed by atoms with van der Waals surface area (Å²) in [4.78, 5) is 6.81. The van der Waals surface area contributed by atoms with Crippen LogP contribution in [0.4, 0.5) is 4.39 Å². The summed E-state index contributed by atoms with van der Waals surface area (Å²) in [6.07, 6.45) is 4.88. The molecular weight excluding hydrogens is 403 g/mol. The van der Waals surface area contributed by atoms with Crippen molar-refractivity contribution in [3.63, 3.8) is 0 Å². The fourth-order valence-corrected chi connectivity index (χ4v) is 5.43. The largest absolute Gasteiger partial charge is 0.333 e. The number of nitrogens with zero attached hydrogens (tertiary/aromatic N) is 4. The van der Waals surface area contributed by atoms with Crippen molar-refractivity contribution in [2.75, 3.05) is 32.7 Å². The van der Waals surface area contributed by atoms with Gasteiger partial charge in [0.15, 0.2) is 0 Å². The van der Waals surface area contributed by atoms with Crippen molar-refractivity contribution in [1.29, 1.82) is 0 Å². The maximum Gasteiger partial charge on any atom is 0.243 e. The van der Waals surface area contributed by atoms with E-state index in [2.05, 4.69) is 33.6 Å². The molecule has 0 saturated carbocycles. The van der Waals surface area contributed by atoms with Crippen LogP contribution in [0.1, 0.15) is 18.1 Å². The van der Waals surface area contributed by atoms with Crippen molar-refractivity contribution in [3.8, 4) is 0 Å². The molecule has 4 rings (SSSR count). The first-order chi connectivity index (χ1) is 14.4. The van der Waals surface area contributed by atoms with E-state index in [1.54, 1.807) is 6.92 Å². The molecule has 0 N–H and O–H groups in total. The van der Waals surface area contributed by atoms with Crippen LogP contribution in [-0.4, -0.2) is 59.9 Å². The fraction of sp³-hybridized carbons (Fsp3) is 0.409. The first-order valence-electron chi connectivity index (χ1n) is 10.3. The smallest absolute Gasteiger partial charge is 0.243 e. The second-order valence-electron chi connectivity index (χ2n) is 7.72. The average molecular weight is 431 g/mol. The van der Waals surface area contributed by atoms with Crippen molar-refractivity contribution >= 4 is 21.1 Å². The summed E-state index contributed by atoms with van der Waals surface area (Å²) in [6.45, 7) is 7.63. The molecule has 1 saturated heterocycles. The van der Waals surface area contributed by atoms with E-state index in [1.807, 2.05) is 12.3 Å². The van der Waals surface area contributed by atoms with Gasteiger partial charge in [-0.15, -0.1) is 0 Å². The summed E-state index contributed by atoms with van der Waals surface area (Å²) in [5.74, 6) is -0.490. The molecule has 2 aromatic heterocycles. The van der Waals surface area contributed by atoms with Crippen molar-refractivity contribution in [2.45, 2.75) is 31.7 Å². The van der Waals surface area contributed by atoms with Crippen LogP contribution in [0.15, 0.2) is 47.6 Å². The number of aromatic nitrogens is 2. The molecule has 0 aliphatic carbocycles. The SMILES string of the molecule is CCn1cc(CCN2CCN(S(=O)(=O)c3ccc(C)c(F)c3)CC2)c2cccnc21. The third kappa shape index (κ3) is 3.99. The van der Waals surface area contributed by atoms with Crippen molar-refractivity contribution < 1.29 is 12.8 Å². The maximum atomic E-state index is 13.8. The summed E-state index contributed by atoms with van der Waals surface area (Å²) in [5, 5.41) is 1.18. The van der Waals surface area contributed by atoms with Crippen LogP contribution in [0.3, 0.4) is 0 Å². The van der Waals surface area contributed by atoms with E-state index in [0.29, 0.717) is 31.7 Å². The molecule has 160 valence electrons. The van der Waals surface area contributed by atoms with Gasteiger partial charge in [-0.05, 0) is 55.7 Å². The molecule has 8 heteroatoms. The highest BCUT2D eigenvalue weighted by Crippen LogP contribution is 2.22. The lowest BCUT2D eigenvalue weighted by atomic mass is 10.1. The lowest BCUT2D eigenvalue weighted by Gasteiger charge is -2.34. The number of pyridine rings is 1. The molecule has 1 aliphatic rings. The molecule has 0 unspecified atom stereocenters. The average Bonchev–Trinajstić information content (AvgIpc) is 3.12. The molecule has 0 atom stereocenters. The highest BCUT2D eigenvalue weighted by molar-refractivity contribution is 7.89. The van der Waals surface area contributed by atoms with Gasteiger partial charge in [0, 0.05) is 57.0 Å². The summed E-state index contributed by atoms with van der Waals surface area (Å²) in [7, 11) is -3.67. The number of halogens is 1. The minimum atomic E-state index is -3.67. The number of hydrogen-bond donors (Lipinski definition) is 0. The minimum Gasteiger partial charge on any atom is -0.333 e. The van der Waals surface area contributed by atoms with Crippen molar-refractivity contribution in [2.24, 2.45) is 0 Å². The molecule has 1 aliphatic heterocycles. The van der Waals surface area contributed by atoms with Crippen molar-refractivity contribution in [3.05, 3.63) is 59.7 Å². The van der Waals surface area contributed by atoms with Gasteiger partial charge < -0.3 is 9.47 Å². The Hall–Kier alpha value is -2.29. The number of piperazine rings is 1. The van der Waals surface area contributed by atoms with E-state index < -0.39 is 15.8 Å². The standard InChI is InChI=1S/C22H27FN4O2S/c1-3-26-16-18(20-5-4-9-24-22(20)26)8-10-25-11-13-27(14-12-25)30(28,29)19-7-6-17(2)21(23)15-19/h4-7,9,15-16H,3,8,10-14H2,1-2H3. The van der Waals surface area contributed by atoms with Gasteiger partial charge in [0.1, 0.15) is 11.5 Å². The number of fused-ring (bicyclic) bond motifs is 1. The van der Waals surface area contributed by atoms with Gasteiger partial charge in [0.2, 0.25) is 10.0 Å². The van der Waals surface area contributed by atoms with Crippen LogP contribution in [0, 0.1) is 12.7 Å². The molecule has 6 nitrogen and oxygen atoms in total. The lowest BCUT2D eigenvalue weighted by Crippen LogP contribution is -2.49. The van der Waals surface area contributed by atoms with E-state index in [9.17, 15) is 12.8 Å². The summed E-state index contributed by atoms with van der Waals surface area (Å²) in [6, 6.07) is 8.19. The zero-order valence-electron chi connectivity index (χ0n) is 17.4. The molecule has 0 bridgehead atoms. The van der Waals surface area contributed by atoms with Crippen LogP contribution >= 0.6 is 0 Å². The number of aryl methyl sites for hydroxylation is 2. The Balaban J connectivity index is 1.39. The molecule has 3 heterocycles. The fourth-order valence-electron chi connectivity index (χ4n) is 3.99. The summed E-state index contributed by atoms with van der Waals surface area (Å²) in [5.41, 5.74) is 2.72. The van der Waals surface area contributed by atoms with Crippen LogP contribution in [-0.2, 0) is 23.0 Å². The van der Waals surface area contributed by atoms with Gasteiger partial charge in [-0.1, -0.05) is 6.07 Å². The monoisotopic (exact) mass is 430 g/mol. The van der Waals surface area contributed by atoms with Gasteiger partial charge >= 0.3 is 0 Å². The highest BCUT2D eigenvalue weighted by Gasteiger charge is 2.29. The third-order valence-corrected chi connectivity index (χ3v) is 7.76. The van der Waals surface area contributed by atoms with E-state index in [1.165, 1.54) is 27.4 Å². The second kappa shape index (κ2) is 8.45. The van der Waals surface area contributed by atoms with Crippen LogP contribution in [0.25, 0.3) is 11.0 Å². The van der Waals surface area contributed by atoms with Crippen LogP contribution in [0.5, 0.6) is 0 Å². The molecule has 0 amide bonds.